The number of unbranched alkanes of at least 4 members (excludes halogenated alkanes) is 2. The summed E-state index contributed by atoms with van der Waals surface area (Å²) >= 11 is 0. The fourth-order valence-corrected chi connectivity index (χ4v) is 2.20. The van der Waals surface area contributed by atoms with E-state index in [1.54, 1.807) is 0 Å². The lowest BCUT2D eigenvalue weighted by molar-refractivity contribution is -0.846. The van der Waals surface area contributed by atoms with Gasteiger partial charge in [-0.15, -0.1) is 8.78 Å². The van der Waals surface area contributed by atoms with Crippen molar-refractivity contribution in [1.29, 1.82) is 0 Å². The predicted molar refractivity (Wildman–Crippen MR) is 71.9 cm³/mol. The molecule has 0 heterocycles. The summed E-state index contributed by atoms with van der Waals surface area (Å²) in [6, 6.07) is -6.86. The molecule has 0 aromatic carbocycles. The van der Waals surface area contributed by atoms with Gasteiger partial charge in [0.1, 0.15) is 0 Å². The highest BCUT2D eigenvalue weighted by Crippen LogP contribution is 2.63. The Labute approximate surface area is 176 Å². The Morgan fingerprint density at radius 2 is 0.824 bits per heavy atom. The Hall–Kier alpha value is -1.37. The molecule has 0 aliphatic rings. The van der Waals surface area contributed by atoms with Crippen LogP contribution in [0.25, 0.3) is 0 Å². The first-order valence-corrected chi connectivity index (χ1v) is 8.48. The third kappa shape index (κ3) is 5.10. The van der Waals surface area contributed by atoms with E-state index in [4.69, 9.17) is 0 Å². The molecule has 0 spiro atoms. The predicted octanol–water partition coefficient (Wildman–Crippen LogP) is 6.34. The van der Waals surface area contributed by atoms with Gasteiger partial charge in [-0.2, -0.15) is 70.2 Å². The van der Waals surface area contributed by atoms with Gasteiger partial charge in [0.25, 0.3) is 0 Å². The average molecular weight is 556 g/mol. The largest absolute Gasteiger partial charge is 0.460 e. The fourth-order valence-electron chi connectivity index (χ4n) is 2.20. The maximum atomic E-state index is 13.5. The molecule has 34 heavy (non-hydrogen) atoms. The van der Waals surface area contributed by atoms with Crippen LogP contribution in [-0.2, 0) is 0 Å². The molecule has 1 unspecified atom stereocenters. The first-order valence-electron chi connectivity index (χ1n) is 8.48. The Morgan fingerprint density at radius 1 is 0.471 bits per heavy atom. The molecule has 0 saturated carbocycles. The van der Waals surface area contributed by atoms with Crippen LogP contribution in [0.4, 0.5) is 83.4 Å². The summed E-state index contributed by atoms with van der Waals surface area (Å²) in [5.74, 6) is -50.6. The monoisotopic (exact) mass is 556 g/mol. The van der Waals surface area contributed by atoms with E-state index in [0.29, 0.717) is 0 Å². The smallest absolute Gasteiger partial charge is 0.251 e. The van der Waals surface area contributed by atoms with Crippen LogP contribution < -0.4 is 5.32 Å². The van der Waals surface area contributed by atoms with E-state index in [-0.39, 0.29) is 12.8 Å². The number of hydrogen-bond acceptors (Lipinski definition) is 0. The fraction of sp³-hybridized carbons (Fsp3) is 1.00. The molecule has 0 fully saturated rings. The molecule has 0 rings (SSSR count). The lowest BCUT2D eigenvalue weighted by atomic mass is 9.90. The molecule has 0 aromatic heterocycles. The number of hydrogen-bond donors (Lipinski definition) is 1. The van der Waals surface area contributed by atoms with Crippen molar-refractivity contribution in [3.63, 3.8) is 0 Å². The average Bonchev–Trinajstić information content (AvgIpc) is 2.62. The van der Waals surface area contributed by atoms with Crippen LogP contribution in [0.3, 0.4) is 0 Å². The van der Waals surface area contributed by atoms with Crippen LogP contribution in [0.2, 0.25) is 0 Å². The molecule has 206 valence electrons. The maximum absolute atomic E-state index is 13.5. The van der Waals surface area contributed by atoms with E-state index in [0.717, 1.165) is 0 Å². The second-order valence-electron chi connectivity index (χ2n) is 6.79. The SMILES string of the molecule is FCCCCCC(F)[NH2+]C(F)(F)C(F)(F)C(F)(F)C(F)(F)C(F)(F)C(F)(F)C(F)(F)C(F)(F)F. The first-order chi connectivity index (χ1) is 14.7. The third-order valence-electron chi connectivity index (χ3n) is 4.25. The lowest BCUT2D eigenvalue weighted by Gasteiger charge is -2.42. The molecule has 0 saturated heterocycles. The summed E-state index contributed by atoms with van der Waals surface area (Å²) in [5, 5.41) is -1.72. The number of alkyl halides is 19. The minimum Gasteiger partial charge on any atom is -0.251 e. The van der Waals surface area contributed by atoms with Crippen molar-refractivity contribution < 1.29 is 88.7 Å². The van der Waals surface area contributed by atoms with E-state index in [9.17, 15) is 83.4 Å². The van der Waals surface area contributed by atoms with Gasteiger partial charge in [0.05, 0.1) is 6.67 Å². The van der Waals surface area contributed by atoms with Gasteiger partial charge in [0.15, 0.2) is 0 Å². The van der Waals surface area contributed by atoms with Crippen molar-refractivity contribution in [2.45, 2.75) is 79.7 Å². The van der Waals surface area contributed by atoms with Crippen LogP contribution in [0.5, 0.6) is 0 Å². The topological polar surface area (TPSA) is 16.6 Å². The van der Waals surface area contributed by atoms with Gasteiger partial charge in [-0.3, -0.25) is 9.71 Å². The minimum absolute atomic E-state index is 0.282. The van der Waals surface area contributed by atoms with Crippen LogP contribution in [0.15, 0.2) is 0 Å². The number of rotatable bonds is 13. The summed E-state index contributed by atoms with van der Waals surface area (Å²) < 4.78 is 247. The van der Waals surface area contributed by atoms with Crippen LogP contribution in [0, 0.1) is 0 Å². The third-order valence-corrected chi connectivity index (χ3v) is 4.25. The summed E-state index contributed by atoms with van der Waals surface area (Å²) in [5.41, 5.74) is 0. The zero-order valence-electron chi connectivity index (χ0n) is 15.9. The highest BCUT2D eigenvalue weighted by Gasteiger charge is 2.96. The lowest BCUT2D eigenvalue weighted by Crippen LogP contribution is -3.02. The van der Waals surface area contributed by atoms with E-state index in [2.05, 4.69) is 0 Å². The summed E-state index contributed by atoms with van der Waals surface area (Å²) in [6.45, 7) is -1.01. The van der Waals surface area contributed by atoms with Gasteiger partial charge >= 0.3 is 47.8 Å². The zero-order chi connectivity index (χ0) is 27.8. The molecule has 0 radical (unpaired) electrons. The zero-order valence-corrected chi connectivity index (χ0v) is 15.9. The quantitative estimate of drug-likeness (QED) is 0.155. The first kappa shape index (κ1) is 32.6. The van der Waals surface area contributed by atoms with E-state index >= 15 is 0 Å². The Balaban J connectivity index is 6.25. The standard InChI is InChI=1S/C14H12F19N/c15-5-3-1-2-4-6(16)34-14(32,33)12(27,28)10(23,24)8(19,20)7(17,18)9(21,22)11(25,26)13(29,30)31/h6,34H,1-5H2/p+1. The number of quaternary nitrogens is 1. The molecule has 0 aromatic rings. The molecular weight excluding hydrogens is 543 g/mol. The molecule has 1 nitrogen and oxygen atoms in total. The molecule has 20 heteroatoms. The summed E-state index contributed by atoms with van der Waals surface area (Å²) in [7, 11) is 0. The number of nitrogens with two attached hydrogens (primary N) is 1. The van der Waals surface area contributed by atoms with Crippen molar-refractivity contribution in [1.82, 2.24) is 0 Å². The molecule has 0 aliphatic carbocycles. The Morgan fingerprint density at radius 3 is 1.18 bits per heavy atom. The van der Waals surface area contributed by atoms with E-state index in [1.165, 1.54) is 0 Å². The molecular formula is C14H13F19N+. The van der Waals surface area contributed by atoms with Gasteiger partial charge in [-0.05, 0) is 12.8 Å². The van der Waals surface area contributed by atoms with E-state index < -0.39 is 78.9 Å². The van der Waals surface area contributed by atoms with Gasteiger partial charge < -0.3 is 0 Å². The minimum atomic E-state index is -8.72. The summed E-state index contributed by atoms with van der Waals surface area (Å²) in [4.78, 5) is 0. The van der Waals surface area contributed by atoms with Gasteiger partial charge in [0, 0.05) is 6.42 Å². The molecule has 2 N–H and O–H groups in total. The second kappa shape index (κ2) is 9.59. The summed E-state index contributed by atoms with van der Waals surface area (Å²) in [6.07, 6.45) is -13.6. The maximum Gasteiger partial charge on any atom is 0.460 e. The Bertz CT molecular complexity index is 666. The second-order valence-corrected chi connectivity index (χ2v) is 6.79. The molecule has 1 atom stereocenters. The van der Waals surface area contributed by atoms with Crippen molar-refractivity contribution >= 4 is 0 Å². The van der Waals surface area contributed by atoms with Crippen molar-refractivity contribution in [2.75, 3.05) is 6.67 Å². The number of halogens is 19. The van der Waals surface area contributed by atoms with Gasteiger partial charge in [-0.1, -0.05) is 6.42 Å². The van der Waals surface area contributed by atoms with E-state index in [1.807, 2.05) is 0 Å². The van der Waals surface area contributed by atoms with Crippen molar-refractivity contribution in [3.8, 4) is 0 Å². The highest BCUT2D eigenvalue weighted by molar-refractivity contribution is 5.14. The molecule has 0 aliphatic heterocycles. The van der Waals surface area contributed by atoms with Crippen LogP contribution in [-0.4, -0.2) is 60.7 Å². The highest BCUT2D eigenvalue weighted by atomic mass is 19.4. The van der Waals surface area contributed by atoms with Crippen molar-refractivity contribution in [3.05, 3.63) is 0 Å². The normalized spacial score (nSPS) is 16.7. The van der Waals surface area contributed by atoms with Crippen molar-refractivity contribution in [2.24, 2.45) is 0 Å². The Kier molecular flexibility index (Phi) is 9.20. The van der Waals surface area contributed by atoms with Crippen LogP contribution in [0.1, 0.15) is 25.7 Å². The van der Waals surface area contributed by atoms with Gasteiger partial charge in [-0.25, -0.2) is 0 Å². The molecule has 0 amide bonds. The van der Waals surface area contributed by atoms with Crippen LogP contribution >= 0.6 is 0 Å². The molecule has 0 bridgehead atoms. The van der Waals surface area contributed by atoms with Gasteiger partial charge in [0.2, 0.25) is 6.30 Å².